The standard InChI is InChI=1S/C15H11ClFNO5S/c16-24(20,21)10-2-3-12(17)11(8-10)15(19)18-9-1-4-13-14(7-9)23-6-5-22-13/h1-4,7-8H,5-6H2,(H,18,19). The second kappa shape index (κ2) is 6.29. The molecule has 1 N–H and O–H groups in total. The quantitative estimate of drug-likeness (QED) is 0.839. The van der Waals surface area contributed by atoms with Gasteiger partial charge in [-0.2, -0.15) is 0 Å². The van der Waals surface area contributed by atoms with Crippen LogP contribution in [-0.2, 0) is 9.05 Å². The molecule has 126 valence electrons. The van der Waals surface area contributed by atoms with E-state index in [1.165, 1.54) is 6.07 Å². The summed E-state index contributed by atoms with van der Waals surface area (Å²) in [7, 11) is 1.14. The highest BCUT2D eigenvalue weighted by Gasteiger charge is 2.19. The first kappa shape index (κ1) is 16.5. The number of ether oxygens (including phenoxy) is 2. The molecule has 3 rings (SSSR count). The number of rotatable bonds is 3. The SMILES string of the molecule is O=C(Nc1ccc2c(c1)OCCO2)c1cc(S(=O)(=O)Cl)ccc1F. The third-order valence-electron chi connectivity index (χ3n) is 3.26. The molecule has 0 saturated carbocycles. The zero-order valence-electron chi connectivity index (χ0n) is 12.1. The lowest BCUT2D eigenvalue weighted by atomic mass is 10.2. The number of anilines is 1. The van der Waals surface area contributed by atoms with Crippen LogP contribution in [-0.4, -0.2) is 27.5 Å². The lowest BCUT2D eigenvalue weighted by Crippen LogP contribution is -2.17. The van der Waals surface area contributed by atoms with Crippen molar-refractivity contribution in [2.75, 3.05) is 18.5 Å². The molecule has 0 atom stereocenters. The van der Waals surface area contributed by atoms with Gasteiger partial charge in [0.05, 0.1) is 10.5 Å². The van der Waals surface area contributed by atoms with Crippen molar-refractivity contribution in [3.05, 3.63) is 47.8 Å². The highest BCUT2D eigenvalue weighted by Crippen LogP contribution is 2.32. The van der Waals surface area contributed by atoms with Crippen LogP contribution in [0.5, 0.6) is 11.5 Å². The van der Waals surface area contributed by atoms with Crippen molar-refractivity contribution in [1.82, 2.24) is 0 Å². The van der Waals surface area contributed by atoms with Crippen LogP contribution in [0.15, 0.2) is 41.3 Å². The summed E-state index contributed by atoms with van der Waals surface area (Å²) in [5, 5.41) is 2.48. The van der Waals surface area contributed by atoms with Crippen LogP contribution in [0, 0.1) is 5.82 Å². The number of carbonyl (C=O) groups is 1. The summed E-state index contributed by atoms with van der Waals surface area (Å²) in [5.41, 5.74) is -0.0885. The lowest BCUT2D eigenvalue weighted by Gasteiger charge is -2.19. The van der Waals surface area contributed by atoms with E-state index < -0.39 is 26.3 Å². The number of amides is 1. The van der Waals surface area contributed by atoms with Gasteiger partial charge in [0.2, 0.25) is 0 Å². The molecule has 1 aliphatic heterocycles. The number of carbonyl (C=O) groups excluding carboxylic acids is 1. The number of hydrogen-bond donors (Lipinski definition) is 1. The number of nitrogens with one attached hydrogen (secondary N) is 1. The Morgan fingerprint density at radius 1 is 1.08 bits per heavy atom. The number of hydrogen-bond acceptors (Lipinski definition) is 5. The maximum absolute atomic E-state index is 13.8. The summed E-state index contributed by atoms with van der Waals surface area (Å²) in [4.78, 5) is 11.9. The zero-order valence-corrected chi connectivity index (χ0v) is 13.7. The Labute approximate surface area is 141 Å². The van der Waals surface area contributed by atoms with Crippen molar-refractivity contribution >= 4 is 31.3 Å². The van der Waals surface area contributed by atoms with Crippen LogP contribution in [0.3, 0.4) is 0 Å². The Hall–Kier alpha value is -2.32. The van der Waals surface area contributed by atoms with E-state index in [0.717, 1.165) is 18.2 Å². The highest BCUT2D eigenvalue weighted by molar-refractivity contribution is 8.13. The molecule has 0 fully saturated rings. The van der Waals surface area contributed by atoms with Gasteiger partial charge in [0.15, 0.2) is 11.5 Å². The molecule has 24 heavy (non-hydrogen) atoms. The average molecular weight is 372 g/mol. The van der Waals surface area contributed by atoms with E-state index in [0.29, 0.717) is 30.4 Å². The van der Waals surface area contributed by atoms with Gasteiger partial charge < -0.3 is 14.8 Å². The van der Waals surface area contributed by atoms with Gasteiger partial charge >= 0.3 is 0 Å². The summed E-state index contributed by atoms with van der Waals surface area (Å²) < 4.78 is 47.2. The van der Waals surface area contributed by atoms with E-state index >= 15 is 0 Å². The number of benzene rings is 2. The van der Waals surface area contributed by atoms with Crippen molar-refractivity contribution < 1.29 is 27.1 Å². The molecule has 2 aromatic carbocycles. The maximum Gasteiger partial charge on any atom is 0.261 e. The van der Waals surface area contributed by atoms with Crippen molar-refractivity contribution in [2.45, 2.75) is 4.90 Å². The highest BCUT2D eigenvalue weighted by atomic mass is 35.7. The van der Waals surface area contributed by atoms with Crippen LogP contribution < -0.4 is 14.8 Å². The fourth-order valence-corrected chi connectivity index (χ4v) is 2.93. The fraction of sp³-hybridized carbons (Fsp3) is 0.133. The third kappa shape index (κ3) is 3.44. The molecule has 0 spiro atoms. The minimum absolute atomic E-state index is 0.350. The molecule has 0 aromatic heterocycles. The summed E-state index contributed by atoms with van der Waals surface area (Å²) >= 11 is 0. The Balaban J connectivity index is 1.87. The Bertz CT molecular complexity index is 916. The van der Waals surface area contributed by atoms with Gasteiger partial charge in [-0.25, -0.2) is 12.8 Å². The second-order valence-corrected chi connectivity index (χ2v) is 7.46. The molecule has 0 saturated heterocycles. The molecule has 1 amide bonds. The predicted molar refractivity (Wildman–Crippen MR) is 84.8 cm³/mol. The molecule has 9 heteroatoms. The fourth-order valence-electron chi connectivity index (χ4n) is 2.15. The first-order valence-electron chi connectivity index (χ1n) is 6.80. The van der Waals surface area contributed by atoms with Crippen molar-refractivity contribution in [1.29, 1.82) is 0 Å². The van der Waals surface area contributed by atoms with Crippen LogP contribution in [0.2, 0.25) is 0 Å². The van der Waals surface area contributed by atoms with E-state index in [1.54, 1.807) is 12.1 Å². The first-order chi connectivity index (χ1) is 11.3. The third-order valence-corrected chi connectivity index (χ3v) is 4.62. The van der Waals surface area contributed by atoms with E-state index in [9.17, 15) is 17.6 Å². The lowest BCUT2D eigenvalue weighted by molar-refractivity contribution is 0.102. The second-order valence-electron chi connectivity index (χ2n) is 4.89. The van der Waals surface area contributed by atoms with Crippen LogP contribution >= 0.6 is 10.7 Å². The van der Waals surface area contributed by atoms with Crippen molar-refractivity contribution in [2.24, 2.45) is 0 Å². The first-order valence-corrected chi connectivity index (χ1v) is 9.11. The van der Waals surface area contributed by atoms with Gasteiger partial charge in [-0.3, -0.25) is 4.79 Å². The molecule has 0 bridgehead atoms. The Kier molecular flexibility index (Phi) is 4.33. The van der Waals surface area contributed by atoms with E-state index in [1.807, 2.05) is 0 Å². The van der Waals surface area contributed by atoms with Crippen LogP contribution in [0.25, 0.3) is 0 Å². The molecule has 0 radical (unpaired) electrons. The van der Waals surface area contributed by atoms with Gasteiger partial charge in [0.1, 0.15) is 19.0 Å². The summed E-state index contributed by atoms with van der Waals surface area (Å²) in [6.07, 6.45) is 0. The van der Waals surface area contributed by atoms with Gasteiger partial charge in [-0.05, 0) is 30.3 Å². The molecular formula is C15H11ClFNO5S. The summed E-state index contributed by atoms with van der Waals surface area (Å²) in [6.45, 7) is 0.818. The van der Waals surface area contributed by atoms with Crippen LogP contribution in [0.4, 0.5) is 10.1 Å². The van der Waals surface area contributed by atoms with Crippen LogP contribution in [0.1, 0.15) is 10.4 Å². The number of halogens is 2. The van der Waals surface area contributed by atoms with Gasteiger partial charge in [-0.15, -0.1) is 0 Å². The largest absolute Gasteiger partial charge is 0.486 e. The molecular weight excluding hydrogens is 361 g/mol. The normalized spacial score (nSPS) is 13.4. The summed E-state index contributed by atoms with van der Waals surface area (Å²) in [5.74, 6) is -0.683. The smallest absolute Gasteiger partial charge is 0.261 e. The van der Waals surface area contributed by atoms with Crippen molar-refractivity contribution in [3.8, 4) is 11.5 Å². The van der Waals surface area contributed by atoms with E-state index in [4.69, 9.17) is 20.2 Å². The van der Waals surface area contributed by atoms with Gasteiger partial charge in [0.25, 0.3) is 15.0 Å². The number of fused-ring (bicyclic) bond motifs is 1. The molecule has 1 aliphatic rings. The Morgan fingerprint density at radius 3 is 2.50 bits per heavy atom. The van der Waals surface area contributed by atoms with Crippen molar-refractivity contribution in [3.63, 3.8) is 0 Å². The Morgan fingerprint density at radius 2 is 1.79 bits per heavy atom. The predicted octanol–water partition coefficient (Wildman–Crippen LogP) is 2.78. The molecule has 2 aromatic rings. The zero-order chi connectivity index (χ0) is 17.3. The minimum atomic E-state index is -4.07. The molecule has 6 nitrogen and oxygen atoms in total. The van der Waals surface area contributed by atoms with Gasteiger partial charge in [-0.1, -0.05) is 0 Å². The van der Waals surface area contributed by atoms with E-state index in [2.05, 4.69) is 5.32 Å². The maximum atomic E-state index is 13.8. The molecule has 1 heterocycles. The molecule has 0 aliphatic carbocycles. The molecule has 0 unspecified atom stereocenters. The topological polar surface area (TPSA) is 81.7 Å². The van der Waals surface area contributed by atoms with Gasteiger partial charge in [0, 0.05) is 22.4 Å². The monoisotopic (exact) mass is 371 g/mol. The minimum Gasteiger partial charge on any atom is -0.486 e. The summed E-state index contributed by atoms with van der Waals surface area (Å²) in [6, 6.07) is 7.44. The van der Waals surface area contributed by atoms with E-state index in [-0.39, 0.29) is 4.90 Å². The average Bonchev–Trinajstić information content (AvgIpc) is 2.54.